The summed E-state index contributed by atoms with van der Waals surface area (Å²) < 4.78 is 0. The lowest BCUT2D eigenvalue weighted by atomic mass is 9.82. The fourth-order valence-corrected chi connectivity index (χ4v) is 4.71. The fourth-order valence-electron chi connectivity index (χ4n) is 4.71. The summed E-state index contributed by atoms with van der Waals surface area (Å²) in [7, 11) is 0. The summed E-state index contributed by atoms with van der Waals surface area (Å²) in [5.74, 6) is 0.418. The third-order valence-electron chi connectivity index (χ3n) is 6.27. The van der Waals surface area contributed by atoms with Gasteiger partial charge in [-0.05, 0) is 53.1 Å². The maximum atomic E-state index is 12.9. The smallest absolute Gasteiger partial charge is 0.252 e. The molecule has 0 saturated heterocycles. The third-order valence-corrected chi connectivity index (χ3v) is 6.27. The highest BCUT2D eigenvalue weighted by Gasteiger charge is 2.32. The Bertz CT molecular complexity index is 1250. The number of nitrogens with one attached hydrogen (secondary N) is 2. The highest BCUT2D eigenvalue weighted by Crippen LogP contribution is 2.45. The van der Waals surface area contributed by atoms with Crippen molar-refractivity contribution in [1.29, 1.82) is 0 Å². The Balaban J connectivity index is 2.04. The van der Waals surface area contributed by atoms with Gasteiger partial charge in [0.1, 0.15) is 0 Å². The van der Waals surface area contributed by atoms with Gasteiger partial charge in [-0.2, -0.15) is 0 Å². The second-order valence-electron chi connectivity index (χ2n) is 7.87. The Morgan fingerprint density at radius 3 is 2.57 bits per heavy atom. The summed E-state index contributed by atoms with van der Waals surface area (Å²) in [5, 5.41) is 5.30. The number of benzene rings is 3. The lowest BCUT2D eigenvalue weighted by molar-refractivity contribution is 0.0967. The largest absolute Gasteiger partial charge is 0.354 e. The van der Waals surface area contributed by atoms with Gasteiger partial charge in [-0.1, -0.05) is 56.3 Å². The fraction of sp³-hybridized carbons (Fsp3) is 0.240. The summed E-state index contributed by atoms with van der Waals surface area (Å²) >= 11 is 0. The molecule has 140 valence electrons. The van der Waals surface area contributed by atoms with Gasteiger partial charge < -0.3 is 10.3 Å². The first-order chi connectivity index (χ1) is 13.6. The number of carbonyl (C=O) groups is 1. The average Bonchev–Trinajstić information content (AvgIpc) is 3.27. The van der Waals surface area contributed by atoms with Gasteiger partial charge >= 0.3 is 0 Å². The van der Waals surface area contributed by atoms with E-state index in [0.717, 1.165) is 39.4 Å². The van der Waals surface area contributed by atoms with Crippen LogP contribution in [0.3, 0.4) is 0 Å². The molecule has 1 atom stereocenters. The third kappa shape index (κ3) is 2.26. The molecule has 4 aromatic rings. The molecular formula is C25H24N2O. The minimum absolute atomic E-state index is 0.0373. The molecule has 1 aliphatic rings. The molecule has 0 saturated carbocycles. The van der Waals surface area contributed by atoms with Crippen molar-refractivity contribution in [2.45, 2.75) is 39.7 Å². The number of hydrogen-bond acceptors (Lipinski definition) is 1. The number of H-pyrrole nitrogens is 1. The molecule has 0 bridgehead atoms. The number of para-hydroxylation sites is 1. The Hall–Kier alpha value is -3.07. The van der Waals surface area contributed by atoms with Crippen molar-refractivity contribution in [2.24, 2.45) is 0 Å². The van der Waals surface area contributed by atoms with E-state index in [-0.39, 0.29) is 5.91 Å². The zero-order valence-corrected chi connectivity index (χ0v) is 16.5. The first-order valence-corrected chi connectivity index (χ1v) is 10.0. The summed E-state index contributed by atoms with van der Waals surface area (Å²) in [6.07, 6.45) is 1.05. The molecule has 3 aromatic carbocycles. The van der Waals surface area contributed by atoms with E-state index >= 15 is 0 Å². The lowest BCUT2D eigenvalue weighted by Crippen LogP contribution is -2.12. The molecule has 28 heavy (non-hydrogen) atoms. The van der Waals surface area contributed by atoms with E-state index < -0.39 is 0 Å². The van der Waals surface area contributed by atoms with Crippen LogP contribution >= 0.6 is 0 Å². The molecule has 3 heteroatoms. The molecule has 0 fully saturated rings. The quantitative estimate of drug-likeness (QED) is 0.454. The van der Waals surface area contributed by atoms with Crippen molar-refractivity contribution in [3.8, 4) is 11.1 Å². The molecule has 0 aliphatic carbocycles. The van der Waals surface area contributed by atoms with Crippen LogP contribution in [0.2, 0.25) is 0 Å². The molecule has 2 heterocycles. The van der Waals surface area contributed by atoms with E-state index in [1.807, 2.05) is 12.1 Å². The number of amides is 1. The number of carbonyl (C=O) groups excluding carboxylic acids is 1. The van der Waals surface area contributed by atoms with Crippen LogP contribution in [0, 0.1) is 6.92 Å². The second-order valence-corrected chi connectivity index (χ2v) is 7.87. The van der Waals surface area contributed by atoms with Crippen LogP contribution in [0.4, 0.5) is 0 Å². The van der Waals surface area contributed by atoms with Crippen LogP contribution in [-0.4, -0.2) is 10.9 Å². The topological polar surface area (TPSA) is 44.9 Å². The number of hydrogen-bond donors (Lipinski definition) is 2. The van der Waals surface area contributed by atoms with Crippen LogP contribution in [0.15, 0.2) is 48.5 Å². The normalized spacial score (nSPS) is 14.5. The van der Waals surface area contributed by atoms with E-state index in [4.69, 9.17) is 0 Å². The van der Waals surface area contributed by atoms with E-state index in [9.17, 15) is 4.79 Å². The van der Waals surface area contributed by atoms with E-state index in [0.29, 0.717) is 12.5 Å². The van der Waals surface area contributed by atoms with Crippen LogP contribution in [-0.2, 0) is 6.54 Å². The Kier molecular flexibility index (Phi) is 3.80. The average molecular weight is 368 g/mol. The van der Waals surface area contributed by atoms with Crippen molar-refractivity contribution >= 4 is 27.7 Å². The molecule has 2 N–H and O–H groups in total. The summed E-state index contributed by atoms with van der Waals surface area (Å²) in [6.45, 7) is 7.27. The standard InChI is InChI=1S/C25H24N2O/c1-4-14(2)20-21(16-10-6-5-9-15(16)3)18-13-26-25(28)23(18)22-17-11-7-8-12-19(17)27-24(20)22/h5-12,14,27H,4,13H2,1-3H3,(H,26,28)/t14-/m1/s1. The summed E-state index contributed by atoms with van der Waals surface area (Å²) in [6, 6.07) is 16.8. The van der Waals surface area contributed by atoms with Crippen molar-refractivity contribution in [3.63, 3.8) is 0 Å². The molecular weight excluding hydrogens is 344 g/mol. The van der Waals surface area contributed by atoms with Crippen molar-refractivity contribution < 1.29 is 4.79 Å². The van der Waals surface area contributed by atoms with Crippen LogP contribution < -0.4 is 5.32 Å². The molecule has 0 spiro atoms. The molecule has 1 aliphatic heterocycles. The predicted molar refractivity (Wildman–Crippen MR) is 116 cm³/mol. The Morgan fingerprint density at radius 1 is 1.04 bits per heavy atom. The lowest BCUT2D eigenvalue weighted by Gasteiger charge is -2.21. The number of aromatic amines is 1. The van der Waals surface area contributed by atoms with Crippen molar-refractivity contribution in [1.82, 2.24) is 10.3 Å². The minimum atomic E-state index is 0.0373. The second kappa shape index (κ2) is 6.23. The summed E-state index contributed by atoms with van der Waals surface area (Å²) in [4.78, 5) is 16.6. The van der Waals surface area contributed by atoms with Gasteiger partial charge in [-0.25, -0.2) is 0 Å². The first kappa shape index (κ1) is 17.1. The van der Waals surface area contributed by atoms with Crippen LogP contribution in [0.25, 0.3) is 32.9 Å². The number of aromatic nitrogens is 1. The first-order valence-electron chi connectivity index (χ1n) is 10.0. The highest BCUT2D eigenvalue weighted by molar-refractivity contribution is 6.22. The van der Waals surface area contributed by atoms with Gasteiger partial charge in [0.15, 0.2) is 0 Å². The number of rotatable bonds is 3. The van der Waals surface area contributed by atoms with Crippen LogP contribution in [0.5, 0.6) is 0 Å². The predicted octanol–water partition coefficient (Wildman–Crippen LogP) is 6.05. The van der Waals surface area contributed by atoms with Gasteiger partial charge in [-0.15, -0.1) is 0 Å². The van der Waals surface area contributed by atoms with E-state index in [1.165, 1.54) is 22.3 Å². The van der Waals surface area contributed by atoms with Crippen molar-refractivity contribution in [3.05, 3.63) is 70.8 Å². The van der Waals surface area contributed by atoms with E-state index in [2.05, 4.69) is 67.5 Å². The zero-order valence-electron chi connectivity index (χ0n) is 16.5. The summed E-state index contributed by atoms with van der Waals surface area (Å²) in [5.41, 5.74) is 9.23. The van der Waals surface area contributed by atoms with Crippen LogP contribution in [0.1, 0.15) is 53.2 Å². The molecule has 5 rings (SSSR count). The maximum Gasteiger partial charge on any atom is 0.252 e. The van der Waals surface area contributed by atoms with Gasteiger partial charge in [0.05, 0.1) is 11.1 Å². The number of aryl methyl sites for hydroxylation is 1. The molecule has 0 unspecified atom stereocenters. The highest BCUT2D eigenvalue weighted by atomic mass is 16.1. The molecule has 3 nitrogen and oxygen atoms in total. The molecule has 1 aromatic heterocycles. The Labute approximate surface area is 164 Å². The SMILES string of the molecule is CC[C@@H](C)c1c(-c2ccccc2C)c2c(c3c1[nH]c1ccccc13)C(=O)NC2. The van der Waals surface area contributed by atoms with Gasteiger partial charge in [0, 0.05) is 22.8 Å². The monoisotopic (exact) mass is 368 g/mol. The maximum absolute atomic E-state index is 12.9. The van der Waals surface area contributed by atoms with E-state index in [1.54, 1.807) is 0 Å². The van der Waals surface area contributed by atoms with Gasteiger partial charge in [0.2, 0.25) is 0 Å². The molecule has 0 radical (unpaired) electrons. The van der Waals surface area contributed by atoms with Crippen molar-refractivity contribution in [2.75, 3.05) is 0 Å². The number of fused-ring (bicyclic) bond motifs is 5. The molecule has 1 amide bonds. The zero-order chi connectivity index (χ0) is 19.4. The Morgan fingerprint density at radius 2 is 1.79 bits per heavy atom. The van der Waals surface area contributed by atoms with Gasteiger partial charge in [-0.3, -0.25) is 4.79 Å². The van der Waals surface area contributed by atoms with Gasteiger partial charge in [0.25, 0.3) is 5.91 Å². The minimum Gasteiger partial charge on any atom is -0.354 e.